The largest absolute Gasteiger partial charge is 0.395 e. The van der Waals surface area contributed by atoms with Gasteiger partial charge in [-0.3, -0.25) is 4.79 Å². The van der Waals surface area contributed by atoms with Crippen LogP contribution in [0.25, 0.3) is 0 Å². The second-order valence-electron chi connectivity index (χ2n) is 2.46. The van der Waals surface area contributed by atoms with E-state index in [4.69, 9.17) is 5.11 Å². The second-order valence-corrected chi connectivity index (χ2v) is 2.46. The molecule has 1 amide bonds. The van der Waals surface area contributed by atoms with Crippen LogP contribution in [-0.2, 0) is 4.79 Å². The van der Waals surface area contributed by atoms with Crippen molar-refractivity contribution in [2.24, 2.45) is 0 Å². The van der Waals surface area contributed by atoms with Gasteiger partial charge in [0, 0.05) is 20.1 Å². The lowest BCUT2D eigenvalue weighted by atomic mass is 10.4. The molecule has 0 radical (unpaired) electrons. The van der Waals surface area contributed by atoms with Crippen LogP contribution in [0.5, 0.6) is 0 Å². The van der Waals surface area contributed by atoms with Crippen LogP contribution in [-0.4, -0.2) is 49.2 Å². The Kier molecular flexibility index (Phi) is 6.32. The van der Waals surface area contributed by atoms with Crippen molar-refractivity contribution < 1.29 is 9.90 Å². The average molecular weight is 172 g/mol. The van der Waals surface area contributed by atoms with E-state index in [1.807, 2.05) is 0 Å². The lowest BCUT2D eigenvalue weighted by Crippen LogP contribution is -2.37. The van der Waals surface area contributed by atoms with Gasteiger partial charge in [0.2, 0.25) is 5.91 Å². The van der Waals surface area contributed by atoms with E-state index in [2.05, 4.69) is 11.9 Å². The van der Waals surface area contributed by atoms with Crippen LogP contribution in [0.1, 0.15) is 0 Å². The Bertz CT molecular complexity index is 148. The lowest BCUT2D eigenvalue weighted by Gasteiger charge is -2.15. The molecule has 4 heteroatoms. The van der Waals surface area contributed by atoms with Crippen LogP contribution >= 0.6 is 0 Å². The molecule has 0 bridgehead atoms. The molecule has 70 valence electrons. The van der Waals surface area contributed by atoms with Gasteiger partial charge < -0.3 is 15.3 Å². The molecule has 0 heterocycles. The number of hydrogen-bond donors (Lipinski definition) is 2. The van der Waals surface area contributed by atoms with E-state index in [0.717, 1.165) is 0 Å². The van der Waals surface area contributed by atoms with Crippen molar-refractivity contribution in [2.45, 2.75) is 0 Å². The van der Waals surface area contributed by atoms with E-state index < -0.39 is 0 Å². The number of aliphatic hydroxyl groups is 1. The Hall–Kier alpha value is -0.870. The molecule has 0 aromatic heterocycles. The van der Waals surface area contributed by atoms with Crippen LogP contribution in [0.15, 0.2) is 12.7 Å². The molecule has 0 aliphatic heterocycles. The van der Waals surface area contributed by atoms with Crippen LogP contribution in [0, 0.1) is 0 Å². The number of nitrogens with one attached hydrogen (secondary N) is 1. The summed E-state index contributed by atoms with van der Waals surface area (Å²) in [6, 6.07) is 0. The maximum Gasteiger partial charge on any atom is 0.236 e. The molecule has 0 aliphatic rings. The van der Waals surface area contributed by atoms with E-state index in [1.165, 1.54) is 4.90 Å². The summed E-state index contributed by atoms with van der Waals surface area (Å²) in [4.78, 5) is 12.6. The van der Waals surface area contributed by atoms with E-state index in [0.29, 0.717) is 19.6 Å². The molecule has 0 saturated heterocycles. The Morgan fingerprint density at radius 1 is 1.75 bits per heavy atom. The minimum Gasteiger partial charge on any atom is -0.395 e. The highest BCUT2D eigenvalue weighted by Crippen LogP contribution is 1.81. The quantitative estimate of drug-likeness (QED) is 0.408. The van der Waals surface area contributed by atoms with Gasteiger partial charge in [0.25, 0.3) is 0 Å². The molecule has 0 aromatic carbocycles. The zero-order chi connectivity index (χ0) is 9.40. The molecule has 0 rings (SSSR count). The summed E-state index contributed by atoms with van der Waals surface area (Å²) >= 11 is 0. The summed E-state index contributed by atoms with van der Waals surface area (Å²) in [6.45, 7) is 4.82. The Morgan fingerprint density at radius 2 is 2.42 bits per heavy atom. The Labute approximate surface area is 72.9 Å². The number of likely N-dealkylation sites (N-methyl/N-ethyl adjacent to an activating group) is 1. The predicted molar refractivity (Wildman–Crippen MR) is 47.8 cm³/mol. The van der Waals surface area contributed by atoms with Gasteiger partial charge in [-0.15, -0.1) is 6.58 Å². The maximum atomic E-state index is 11.1. The molecule has 0 fully saturated rings. The first-order chi connectivity index (χ1) is 5.72. The normalized spacial score (nSPS) is 9.50. The molecule has 0 aliphatic carbocycles. The van der Waals surface area contributed by atoms with E-state index >= 15 is 0 Å². The minimum absolute atomic E-state index is 0.00367. The third-order valence-corrected chi connectivity index (χ3v) is 1.43. The van der Waals surface area contributed by atoms with E-state index in [9.17, 15) is 4.79 Å². The van der Waals surface area contributed by atoms with Crippen molar-refractivity contribution in [3.63, 3.8) is 0 Å². The molecule has 2 N–H and O–H groups in total. The highest BCUT2D eigenvalue weighted by molar-refractivity contribution is 5.77. The Morgan fingerprint density at radius 3 is 2.92 bits per heavy atom. The SMILES string of the molecule is C=CCNCC(=O)N(C)CCO. The number of carbonyl (C=O) groups is 1. The van der Waals surface area contributed by atoms with Crippen molar-refractivity contribution in [2.75, 3.05) is 33.3 Å². The fourth-order valence-corrected chi connectivity index (χ4v) is 0.691. The van der Waals surface area contributed by atoms with Crippen molar-refractivity contribution in [3.8, 4) is 0 Å². The summed E-state index contributed by atoms with van der Waals surface area (Å²) in [6.07, 6.45) is 1.69. The van der Waals surface area contributed by atoms with Gasteiger partial charge in [0.1, 0.15) is 0 Å². The molecule has 12 heavy (non-hydrogen) atoms. The van der Waals surface area contributed by atoms with Gasteiger partial charge in [0.05, 0.1) is 13.2 Å². The molecular weight excluding hydrogens is 156 g/mol. The van der Waals surface area contributed by atoms with Crippen molar-refractivity contribution >= 4 is 5.91 Å². The van der Waals surface area contributed by atoms with Gasteiger partial charge in [-0.2, -0.15) is 0 Å². The lowest BCUT2D eigenvalue weighted by molar-refractivity contribution is -0.129. The minimum atomic E-state index is -0.0223. The van der Waals surface area contributed by atoms with Gasteiger partial charge in [-0.1, -0.05) is 6.08 Å². The second kappa shape index (κ2) is 6.82. The van der Waals surface area contributed by atoms with Crippen LogP contribution in [0.4, 0.5) is 0 Å². The standard InChI is InChI=1S/C8H16N2O2/c1-3-4-9-7-8(12)10(2)5-6-11/h3,9,11H,1,4-7H2,2H3. The van der Waals surface area contributed by atoms with Crippen LogP contribution < -0.4 is 5.32 Å². The number of hydrogen-bond acceptors (Lipinski definition) is 3. The summed E-state index contributed by atoms with van der Waals surface area (Å²) in [5.74, 6) is -0.0223. The van der Waals surface area contributed by atoms with Gasteiger partial charge in [-0.25, -0.2) is 0 Å². The van der Waals surface area contributed by atoms with Crippen molar-refractivity contribution in [1.82, 2.24) is 10.2 Å². The molecular formula is C8H16N2O2. The fourth-order valence-electron chi connectivity index (χ4n) is 0.691. The first-order valence-electron chi connectivity index (χ1n) is 3.88. The molecule has 0 atom stereocenters. The molecule has 4 nitrogen and oxygen atoms in total. The van der Waals surface area contributed by atoms with E-state index in [-0.39, 0.29) is 12.5 Å². The van der Waals surface area contributed by atoms with Crippen LogP contribution in [0.3, 0.4) is 0 Å². The van der Waals surface area contributed by atoms with Gasteiger partial charge >= 0.3 is 0 Å². The number of rotatable bonds is 6. The van der Waals surface area contributed by atoms with Gasteiger partial charge in [-0.05, 0) is 0 Å². The molecule has 0 spiro atoms. The first kappa shape index (κ1) is 11.1. The van der Waals surface area contributed by atoms with Crippen LogP contribution in [0.2, 0.25) is 0 Å². The third kappa shape index (κ3) is 4.87. The molecule has 0 saturated carbocycles. The maximum absolute atomic E-state index is 11.1. The Balaban J connectivity index is 3.49. The summed E-state index contributed by atoms with van der Waals surface area (Å²) in [5.41, 5.74) is 0. The summed E-state index contributed by atoms with van der Waals surface area (Å²) in [5, 5.41) is 11.4. The first-order valence-corrected chi connectivity index (χ1v) is 3.88. The number of amides is 1. The number of nitrogens with zero attached hydrogens (tertiary/aromatic N) is 1. The average Bonchev–Trinajstić information content (AvgIpc) is 2.05. The predicted octanol–water partition coefficient (Wildman–Crippen LogP) is -0.787. The number of carbonyl (C=O) groups excluding carboxylic acids is 1. The highest BCUT2D eigenvalue weighted by Gasteiger charge is 2.05. The molecule has 0 unspecified atom stereocenters. The van der Waals surface area contributed by atoms with Crippen molar-refractivity contribution in [3.05, 3.63) is 12.7 Å². The molecule has 0 aromatic rings. The summed E-state index contributed by atoms with van der Waals surface area (Å²) < 4.78 is 0. The van der Waals surface area contributed by atoms with Gasteiger partial charge in [0.15, 0.2) is 0 Å². The zero-order valence-electron chi connectivity index (χ0n) is 7.42. The summed E-state index contributed by atoms with van der Waals surface area (Å²) in [7, 11) is 1.66. The fraction of sp³-hybridized carbons (Fsp3) is 0.625. The number of aliphatic hydroxyl groups excluding tert-OH is 1. The monoisotopic (exact) mass is 172 g/mol. The van der Waals surface area contributed by atoms with Crippen molar-refractivity contribution in [1.29, 1.82) is 0 Å². The van der Waals surface area contributed by atoms with E-state index in [1.54, 1.807) is 13.1 Å². The third-order valence-electron chi connectivity index (χ3n) is 1.43. The highest BCUT2D eigenvalue weighted by atomic mass is 16.3. The smallest absolute Gasteiger partial charge is 0.236 e. The zero-order valence-corrected chi connectivity index (χ0v) is 7.42. The topological polar surface area (TPSA) is 52.6 Å².